The summed E-state index contributed by atoms with van der Waals surface area (Å²) in [6.45, 7) is 4.76. The van der Waals surface area contributed by atoms with Gasteiger partial charge in [0.25, 0.3) is 0 Å². The molecule has 4 N–H and O–H groups in total. The molecule has 2 fully saturated rings. The molecule has 3 aromatic rings. The van der Waals surface area contributed by atoms with Crippen molar-refractivity contribution >= 4 is 46.6 Å². The number of nitrogen functional groups attached to an aromatic ring is 1. The number of amides is 1. The topological polar surface area (TPSA) is 112 Å². The van der Waals surface area contributed by atoms with E-state index in [4.69, 9.17) is 27.8 Å². The van der Waals surface area contributed by atoms with Crippen molar-refractivity contribution in [3.63, 3.8) is 0 Å². The molecule has 32 heavy (non-hydrogen) atoms. The number of rotatable bonds is 4. The van der Waals surface area contributed by atoms with Gasteiger partial charge in [-0.3, -0.25) is 9.20 Å². The zero-order valence-corrected chi connectivity index (χ0v) is 19.3. The maximum atomic E-state index is 12.5. The molecule has 0 aliphatic carbocycles. The number of piperidine rings is 1. The predicted octanol–water partition coefficient (Wildman–Crippen LogP) is 3.61. The van der Waals surface area contributed by atoms with Crippen LogP contribution in [-0.4, -0.2) is 46.1 Å². The van der Waals surface area contributed by atoms with Gasteiger partial charge in [-0.15, -0.1) is 0 Å². The monoisotopic (exact) mass is 472 g/mol. The first-order valence-corrected chi connectivity index (χ1v) is 11.8. The average molecular weight is 473 g/mol. The number of primary amides is 1. The molecule has 2 saturated heterocycles. The third-order valence-electron chi connectivity index (χ3n) is 6.51. The number of nitrogens with two attached hydrogens (primary N) is 2. The molecule has 2 aliphatic rings. The van der Waals surface area contributed by atoms with Gasteiger partial charge in [-0.1, -0.05) is 23.4 Å². The van der Waals surface area contributed by atoms with E-state index in [2.05, 4.69) is 21.8 Å². The van der Waals surface area contributed by atoms with Crippen molar-refractivity contribution in [1.82, 2.24) is 14.4 Å². The first kappa shape index (κ1) is 21.4. The van der Waals surface area contributed by atoms with E-state index in [0.29, 0.717) is 32.1 Å². The molecule has 5 heterocycles. The third-order valence-corrected chi connectivity index (χ3v) is 8.19. The predicted molar refractivity (Wildman–Crippen MR) is 125 cm³/mol. The van der Waals surface area contributed by atoms with Crippen LogP contribution in [0.4, 0.5) is 11.6 Å². The number of nitrogens with zero attached hydrogens (tertiary/aromatic N) is 4. The van der Waals surface area contributed by atoms with Crippen molar-refractivity contribution in [3.8, 4) is 0 Å². The highest BCUT2D eigenvalue weighted by Gasteiger charge is 2.41. The Balaban J connectivity index is 1.52. The number of halogens is 1. The highest BCUT2D eigenvalue weighted by atomic mass is 35.5. The molecule has 5 rings (SSSR count). The number of imidazole rings is 1. The molecule has 1 amide bonds. The van der Waals surface area contributed by atoms with E-state index in [1.54, 1.807) is 18.5 Å². The summed E-state index contributed by atoms with van der Waals surface area (Å²) in [4.78, 5) is 24.7. The number of carbonyl (C=O) groups excluding carboxylic acids is 1. The number of carbonyl (C=O) groups is 1. The second-order valence-electron chi connectivity index (χ2n) is 8.65. The number of ether oxygens (including phenoxy) is 1. The van der Waals surface area contributed by atoms with Crippen LogP contribution < -0.4 is 16.4 Å². The zero-order valence-electron chi connectivity index (χ0n) is 17.8. The molecule has 1 unspecified atom stereocenters. The molecule has 8 nitrogen and oxygen atoms in total. The highest BCUT2D eigenvalue weighted by molar-refractivity contribution is 7.99. The van der Waals surface area contributed by atoms with Gasteiger partial charge >= 0.3 is 0 Å². The number of pyridine rings is 2. The summed E-state index contributed by atoms with van der Waals surface area (Å²) < 4.78 is 7.88. The first-order valence-electron chi connectivity index (χ1n) is 10.6. The SMILES string of the molecule is CC1CC2(CCN(c3cc(C(N)=O)c(Sc4ccnc(N)c4Cl)c4nccn34)CC2)CO1. The molecule has 1 spiro atoms. The lowest BCUT2D eigenvalue weighted by molar-refractivity contribution is 0.0975. The fourth-order valence-corrected chi connectivity index (χ4v) is 6.09. The molecule has 2 aliphatic heterocycles. The van der Waals surface area contributed by atoms with Gasteiger partial charge in [0, 0.05) is 36.6 Å². The number of fused-ring (bicyclic) bond motifs is 1. The van der Waals surface area contributed by atoms with Crippen molar-refractivity contribution in [2.24, 2.45) is 11.1 Å². The van der Waals surface area contributed by atoms with E-state index in [1.165, 1.54) is 11.8 Å². The summed E-state index contributed by atoms with van der Waals surface area (Å²) in [5.74, 6) is 0.641. The largest absolute Gasteiger partial charge is 0.382 e. The summed E-state index contributed by atoms with van der Waals surface area (Å²) in [7, 11) is 0. The van der Waals surface area contributed by atoms with E-state index >= 15 is 0 Å². The van der Waals surface area contributed by atoms with Gasteiger partial charge in [0.1, 0.15) is 11.6 Å². The fraction of sp³-hybridized carbons (Fsp3) is 0.409. The smallest absolute Gasteiger partial charge is 0.250 e. The van der Waals surface area contributed by atoms with Crippen LogP contribution in [0, 0.1) is 5.41 Å². The third kappa shape index (κ3) is 3.68. The van der Waals surface area contributed by atoms with Gasteiger partial charge in [-0.25, -0.2) is 9.97 Å². The zero-order chi connectivity index (χ0) is 22.5. The maximum absolute atomic E-state index is 12.5. The fourth-order valence-electron chi connectivity index (χ4n) is 4.80. The Morgan fingerprint density at radius 3 is 2.78 bits per heavy atom. The van der Waals surface area contributed by atoms with Crippen LogP contribution >= 0.6 is 23.4 Å². The molecular formula is C22H25ClN6O2S. The first-order chi connectivity index (χ1) is 15.4. The van der Waals surface area contributed by atoms with E-state index in [9.17, 15) is 4.79 Å². The summed E-state index contributed by atoms with van der Waals surface area (Å²) in [5, 5.41) is 0.344. The quantitative estimate of drug-likeness (QED) is 0.596. The van der Waals surface area contributed by atoms with Crippen LogP contribution in [0.3, 0.4) is 0 Å². The number of anilines is 2. The minimum Gasteiger partial charge on any atom is -0.382 e. The lowest BCUT2D eigenvalue weighted by Crippen LogP contribution is -2.41. The number of hydrogen-bond donors (Lipinski definition) is 2. The summed E-state index contributed by atoms with van der Waals surface area (Å²) >= 11 is 7.67. The molecule has 0 saturated carbocycles. The van der Waals surface area contributed by atoms with E-state index < -0.39 is 5.91 Å². The van der Waals surface area contributed by atoms with Crippen LogP contribution in [0.25, 0.3) is 5.65 Å². The van der Waals surface area contributed by atoms with Gasteiger partial charge in [-0.2, -0.15) is 0 Å². The molecule has 10 heteroatoms. The van der Waals surface area contributed by atoms with Crippen LogP contribution in [0.5, 0.6) is 0 Å². The number of hydrogen-bond acceptors (Lipinski definition) is 7. The Morgan fingerprint density at radius 1 is 1.31 bits per heavy atom. The molecule has 0 radical (unpaired) electrons. The van der Waals surface area contributed by atoms with Crippen molar-refractivity contribution in [2.45, 2.75) is 42.1 Å². The maximum Gasteiger partial charge on any atom is 0.250 e. The molecule has 1 atom stereocenters. The molecular weight excluding hydrogens is 448 g/mol. The van der Waals surface area contributed by atoms with E-state index in [1.807, 2.05) is 16.7 Å². The van der Waals surface area contributed by atoms with Gasteiger partial charge in [0.05, 0.1) is 28.2 Å². The molecule has 0 aromatic carbocycles. The Morgan fingerprint density at radius 2 is 2.09 bits per heavy atom. The number of aromatic nitrogens is 3. The molecule has 3 aromatic heterocycles. The van der Waals surface area contributed by atoms with Crippen molar-refractivity contribution < 1.29 is 9.53 Å². The van der Waals surface area contributed by atoms with Crippen molar-refractivity contribution in [3.05, 3.63) is 41.3 Å². The van der Waals surface area contributed by atoms with Crippen LogP contribution in [0.1, 0.15) is 36.5 Å². The van der Waals surface area contributed by atoms with Crippen molar-refractivity contribution in [2.75, 3.05) is 30.3 Å². The highest BCUT2D eigenvalue weighted by Crippen LogP contribution is 2.44. The lowest BCUT2D eigenvalue weighted by Gasteiger charge is -2.39. The summed E-state index contributed by atoms with van der Waals surface area (Å²) in [6, 6.07) is 3.62. The Kier molecular flexibility index (Phi) is 5.43. The van der Waals surface area contributed by atoms with Crippen LogP contribution in [-0.2, 0) is 4.74 Å². The summed E-state index contributed by atoms with van der Waals surface area (Å²) in [5.41, 5.74) is 13.0. The average Bonchev–Trinajstić information content (AvgIpc) is 3.39. The van der Waals surface area contributed by atoms with Gasteiger partial charge in [0.15, 0.2) is 5.65 Å². The van der Waals surface area contributed by atoms with Crippen molar-refractivity contribution in [1.29, 1.82) is 0 Å². The second kappa shape index (κ2) is 8.13. The van der Waals surface area contributed by atoms with Crippen LogP contribution in [0.2, 0.25) is 5.02 Å². The van der Waals surface area contributed by atoms with Gasteiger partial charge < -0.3 is 21.1 Å². The minimum absolute atomic E-state index is 0.237. The normalized spacial score (nSPS) is 20.3. The van der Waals surface area contributed by atoms with Gasteiger partial charge in [-0.05, 0) is 43.7 Å². The Hall–Kier alpha value is -2.49. The lowest BCUT2D eigenvalue weighted by atomic mass is 9.77. The van der Waals surface area contributed by atoms with E-state index in [-0.39, 0.29) is 11.2 Å². The summed E-state index contributed by atoms with van der Waals surface area (Å²) in [6.07, 6.45) is 8.78. The standard InChI is InChI=1S/C22H25ClN6O2S/c1-13-11-22(12-31-13)3-7-28(8-4-22)16-10-14(20(25)30)18(21-27-6-9-29(16)21)32-15-2-5-26-19(24)17(15)23/h2,5-6,9-10,13H,3-4,7-8,11-12H2,1H3,(H2,24,26)(H2,25,30). The van der Waals surface area contributed by atoms with Crippen LogP contribution in [0.15, 0.2) is 40.5 Å². The second-order valence-corrected chi connectivity index (χ2v) is 10.1. The van der Waals surface area contributed by atoms with Gasteiger partial charge in [0.2, 0.25) is 5.91 Å². The Bertz CT molecular complexity index is 1190. The van der Waals surface area contributed by atoms with E-state index in [0.717, 1.165) is 44.8 Å². The molecule has 0 bridgehead atoms. The Labute approximate surface area is 195 Å². The molecule has 168 valence electrons. The minimum atomic E-state index is -0.510.